The van der Waals surface area contributed by atoms with Crippen molar-refractivity contribution in [2.75, 3.05) is 13.1 Å². The summed E-state index contributed by atoms with van der Waals surface area (Å²) in [5.74, 6) is 2.38. The van der Waals surface area contributed by atoms with Gasteiger partial charge in [0.25, 0.3) is 0 Å². The molecule has 1 saturated heterocycles. The van der Waals surface area contributed by atoms with Crippen LogP contribution in [0.3, 0.4) is 0 Å². The van der Waals surface area contributed by atoms with Crippen molar-refractivity contribution in [2.45, 2.75) is 52.4 Å². The maximum Gasteiger partial charge on any atom is 0.228 e. The van der Waals surface area contributed by atoms with Gasteiger partial charge in [-0.25, -0.2) is 4.98 Å². The number of pyridine rings is 1. The Morgan fingerprint density at radius 3 is 2.69 bits per heavy atom. The summed E-state index contributed by atoms with van der Waals surface area (Å²) in [6.45, 7) is 5.85. The van der Waals surface area contributed by atoms with E-state index < -0.39 is 0 Å². The van der Waals surface area contributed by atoms with Crippen molar-refractivity contribution in [2.24, 2.45) is 5.92 Å². The Morgan fingerprint density at radius 2 is 1.97 bits per heavy atom. The van der Waals surface area contributed by atoms with Gasteiger partial charge in [-0.1, -0.05) is 38.3 Å². The van der Waals surface area contributed by atoms with Crippen molar-refractivity contribution in [3.63, 3.8) is 0 Å². The van der Waals surface area contributed by atoms with Crippen LogP contribution in [0.25, 0.3) is 22.1 Å². The first-order chi connectivity index (χ1) is 14.1. The zero-order chi connectivity index (χ0) is 20.2. The number of piperidine rings is 1. The molecule has 0 atom stereocenters. The van der Waals surface area contributed by atoms with Gasteiger partial charge in [0.15, 0.2) is 11.7 Å². The number of carbonyl (C=O) groups is 1. The van der Waals surface area contributed by atoms with Crippen molar-refractivity contribution < 1.29 is 9.21 Å². The minimum Gasteiger partial charge on any atom is -0.441 e. The predicted molar refractivity (Wildman–Crippen MR) is 115 cm³/mol. The second-order valence-electron chi connectivity index (χ2n) is 8.12. The van der Waals surface area contributed by atoms with Gasteiger partial charge in [-0.15, -0.1) is 0 Å². The van der Waals surface area contributed by atoms with E-state index in [0.29, 0.717) is 12.3 Å². The van der Waals surface area contributed by atoms with Crippen LogP contribution in [0.4, 0.5) is 0 Å². The Labute approximate surface area is 172 Å². The Balaban J connectivity index is 1.43. The molecule has 1 fully saturated rings. The van der Waals surface area contributed by atoms with Gasteiger partial charge in [0, 0.05) is 37.2 Å². The lowest BCUT2D eigenvalue weighted by Crippen LogP contribution is -2.39. The second kappa shape index (κ2) is 8.76. The minimum atomic E-state index is 0.188. The number of hydrogen-bond donors (Lipinski definition) is 0. The van der Waals surface area contributed by atoms with Crippen molar-refractivity contribution in [3.8, 4) is 11.3 Å². The first-order valence-electron chi connectivity index (χ1n) is 10.7. The van der Waals surface area contributed by atoms with E-state index in [1.165, 1.54) is 19.3 Å². The van der Waals surface area contributed by atoms with E-state index in [1.54, 1.807) is 6.20 Å². The van der Waals surface area contributed by atoms with Gasteiger partial charge >= 0.3 is 0 Å². The maximum atomic E-state index is 12.8. The maximum absolute atomic E-state index is 12.8. The van der Waals surface area contributed by atoms with E-state index in [-0.39, 0.29) is 5.91 Å². The summed E-state index contributed by atoms with van der Waals surface area (Å²) in [6.07, 6.45) is 10.1. The summed E-state index contributed by atoms with van der Waals surface area (Å²) in [5, 5.41) is 2.12. The monoisotopic (exact) mass is 391 g/mol. The fraction of sp³-hybridized carbons (Fsp3) is 0.458. The number of oxazole rings is 1. The van der Waals surface area contributed by atoms with Gasteiger partial charge in [0.05, 0.1) is 18.3 Å². The highest BCUT2D eigenvalue weighted by molar-refractivity contribution is 5.87. The molecule has 0 spiro atoms. The number of hydrogen-bond acceptors (Lipinski definition) is 4. The third-order valence-electron chi connectivity index (χ3n) is 5.95. The zero-order valence-corrected chi connectivity index (χ0v) is 17.4. The van der Waals surface area contributed by atoms with Gasteiger partial charge in [0.1, 0.15) is 0 Å². The van der Waals surface area contributed by atoms with Crippen molar-refractivity contribution in [1.82, 2.24) is 14.9 Å². The standard InChI is InChI=1S/C24H29N3O2/c1-3-4-5-18-8-10-27(11-9-18)24(28)14-22-13-21-12-19(6-7-20(21)15-26-22)23-16-25-17(2)29-23/h6-7,12-13,15-16,18H,3-5,8-11,14H2,1-2H3. The van der Waals surface area contributed by atoms with E-state index in [2.05, 4.69) is 23.0 Å². The van der Waals surface area contributed by atoms with E-state index in [9.17, 15) is 4.79 Å². The van der Waals surface area contributed by atoms with Crippen LogP contribution < -0.4 is 0 Å². The molecule has 29 heavy (non-hydrogen) atoms. The van der Waals surface area contributed by atoms with E-state index in [4.69, 9.17) is 4.42 Å². The molecule has 1 aliphatic heterocycles. The lowest BCUT2D eigenvalue weighted by Gasteiger charge is -2.32. The topological polar surface area (TPSA) is 59.2 Å². The van der Waals surface area contributed by atoms with Gasteiger partial charge in [0.2, 0.25) is 5.91 Å². The summed E-state index contributed by atoms with van der Waals surface area (Å²) in [5.41, 5.74) is 1.80. The molecule has 0 radical (unpaired) electrons. The number of aromatic nitrogens is 2. The third kappa shape index (κ3) is 4.66. The molecule has 3 aromatic rings. The van der Waals surface area contributed by atoms with Gasteiger partial charge in [-0.2, -0.15) is 0 Å². The Hall–Kier alpha value is -2.69. The summed E-state index contributed by atoms with van der Waals surface area (Å²) >= 11 is 0. The van der Waals surface area contributed by atoms with E-state index in [0.717, 1.165) is 59.6 Å². The lowest BCUT2D eigenvalue weighted by atomic mass is 9.91. The van der Waals surface area contributed by atoms with Crippen LogP contribution in [0.1, 0.15) is 50.6 Å². The molecule has 4 rings (SSSR count). The average molecular weight is 392 g/mol. The number of rotatable bonds is 6. The number of likely N-dealkylation sites (tertiary alicyclic amines) is 1. The average Bonchev–Trinajstić information content (AvgIpc) is 3.18. The Morgan fingerprint density at radius 1 is 1.14 bits per heavy atom. The molecule has 0 unspecified atom stereocenters. The number of fused-ring (bicyclic) bond motifs is 1. The molecule has 2 aromatic heterocycles. The molecule has 0 aliphatic carbocycles. The molecular weight excluding hydrogens is 362 g/mol. The van der Waals surface area contributed by atoms with E-state index in [1.807, 2.05) is 36.2 Å². The van der Waals surface area contributed by atoms with Gasteiger partial charge in [-0.3, -0.25) is 9.78 Å². The first-order valence-corrected chi connectivity index (χ1v) is 10.7. The number of amides is 1. The van der Waals surface area contributed by atoms with Crippen molar-refractivity contribution in [3.05, 3.63) is 48.2 Å². The number of nitrogens with zero attached hydrogens (tertiary/aromatic N) is 3. The van der Waals surface area contributed by atoms with Crippen LogP contribution in [0, 0.1) is 12.8 Å². The molecule has 5 heteroatoms. The van der Waals surface area contributed by atoms with E-state index >= 15 is 0 Å². The van der Waals surface area contributed by atoms with Crippen LogP contribution in [-0.2, 0) is 11.2 Å². The molecule has 1 amide bonds. The third-order valence-corrected chi connectivity index (χ3v) is 5.95. The van der Waals surface area contributed by atoms with Crippen LogP contribution >= 0.6 is 0 Å². The number of unbranched alkanes of at least 4 members (excludes halogenated alkanes) is 1. The van der Waals surface area contributed by atoms with Crippen LogP contribution in [0.15, 0.2) is 41.1 Å². The summed E-state index contributed by atoms with van der Waals surface area (Å²) in [7, 11) is 0. The number of carbonyl (C=O) groups excluding carboxylic acids is 1. The largest absolute Gasteiger partial charge is 0.441 e. The first kappa shape index (κ1) is 19.6. The summed E-state index contributed by atoms with van der Waals surface area (Å²) in [4.78, 5) is 23.5. The fourth-order valence-corrected chi connectivity index (χ4v) is 4.16. The SMILES string of the molecule is CCCCC1CCN(C(=O)Cc2cc3cc(-c4cnc(C)o4)ccc3cn2)CC1. The molecule has 1 aromatic carbocycles. The number of aryl methyl sites for hydroxylation is 1. The quantitative estimate of drug-likeness (QED) is 0.582. The van der Waals surface area contributed by atoms with Crippen LogP contribution in [-0.4, -0.2) is 33.9 Å². The van der Waals surface area contributed by atoms with Gasteiger partial charge < -0.3 is 9.32 Å². The number of benzene rings is 1. The molecule has 5 nitrogen and oxygen atoms in total. The molecule has 0 bridgehead atoms. The minimum absolute atomic E-state index is 0.188. The lowest BCUT2D eigenvalue weighted by molar-refractivity contribution is -0.131. The highest BCUT2D eigenvalue weighted by atomic mass is 16.4. The normalized spacial score (nSPS) is 15.2. The molecule has 152 valence electrons. The highest BCUT2D eigenvalue weighted by Gasteiger charge is 2.22. The molecule has 0 N–H and O–H groups in total. The zero-order valence-electron chi connectivity index (χ0n) is 17.4. The Kier molecular flexibility index (Phi) is 5.93. The highest BCUT2D eigenvalue weighted by Crippen LogP contribution is 2.26. The summed E-state index contributed by atoms with van der Waals surface area (Å²) < 4.78 is 5.64. The molecular formula is C24H29N3O2. The fourth-order valence-electron chi connectivity index (χ4n) is 4.16. The smallest absolute Gasteiger partial charge is 0.228 e. The van der Waals surface area contributed by atoms with Crippen LogP contribution in [0.5, 0.6) is 0 Å². The molecule has 0 saturated carbocycles. The van der Waals surface area contributed by atoms with Crippen LogP contribution in [0.2, 0.25) is 0 Å². The van der Waals surface area contributed by atoms with Crippen molar-refractivity contribution >= 4 is 16.7 Å². The van der Waals surface area contributed by atoms with Gasteiger partial charge in [-0.05, 0) is 36.3 Å². The summed E-state index contributed by atoms with van der Waals surface area (Å²) in [6, 6.07) is 8.14. The van der Waals surface area contributed by atoms with Crippen molar-refractivity contribution in [1.29, 1.82) is 0 Å². The molecule has 3 heterocycles. The predicted octanol–water partition coefficient (Wildman–Crippen LogP) is 5.17. The Bertz CT molecular complexity index is 987. The second-order valence-corrected chi connectivity index (χ2v) is 8.12. The molecule has 1 aliphatic rings.